The van der Waals surface area contributed by atoms with Crippen LogP contribution < -0.4 is 4.74 Å². The summed E-state index contributed by atoms with van der Waals surface area (Å²) in [5.74, 6) is 2.01. The van der Waals surface area contributed by atoms with Crippen molar-refractivity contribution in [3.05, 3.63) is 58.4 Å². The zero-order chi connectivity index (χ0) is 17.2. The first kappa shape index (κ1) is 16.4. The SMILES string of the molecule is CCCCc1nc2ccccc2n1Cc1cc(Cl)cc2c1OCOC2. The Balaban J connectivity index is 1.79. The second kappa shape index (κ2) is 7.06. The van der Waals surface area contributed by atoms with Crippen LogP contribution >= 0.6 is 11.6 Å². The molecule has 0 spiro atoms. The van der Waals surface area contributed by atoms with Gasteiger partial charge < -0.3 is 14.0 Å². The lowest BCUT2D eigenvalue weighted by molar-refractivity contribution is -0.0170. The van der Waals surface area contributed by atoms with E-state index in [1.165, 1.54) is 0 Å². The molecule has 0 saturated carbocycles. The molecule has 0 unspecified atom stereocenters. The zero-order valence-electron chi connectivity index (χ0n) is 14.3. The van der Waals surface area contributed by atoms with Crippen molar-refractivity contribution in [1.82, 2.24) is 9.55 Å². The van der Waals surface area contributed by atoms with Gasteiger partial charge in [0.1, 0.15) is 11.6 Å². The molecule has 5 heteroatoms. The first-order valence-corrected chi connectivity index (χ1v) is 9.10. The molecule has 2 heterocycles. The van der Waals surface area contributed by atoms with E-state index in [2.05, 4.69) is 29.7 Å². The normalized spacial score (nSPS) is 13.7. The molecule has 1 aliphatic rings. The van der Waals surface area contributed by atoms with E-state index >= 15 is 0 Å². The number of fused-ring (bicyclic) bond motifs is 2. The molecule has 3 aromatic rings. The van der Waals surface area contributed by atoms with E-state index in [1.807, 2.05) is 18.2 Å². The zero-order valence-corrected chi connectivity index (χ0v) is 15.1. The number of aryl methyl sites for hydroxylation is 1. The Hall–Kier alpha value is -2.04. The fourth-order valence-corrected chi connectivity index (χ4v) is 3.64. The molecule has 1 aliphatic heterocycles. The second-order valence-corrected chi connectivity index (χ2v) is 6.81. The molecule has 4 rings (SSSR count). The number of benzene rings is 2. The third-order valence-electron chi connectivity index (χ3n) is 4.57. The van der Waals surface area contributed by atoms with Gasteiger partial charge in [0.05, 0.1) is 24.2 Å². The quantitative estimate of drug-likeness (QED) is 0.649. The van der Waals surface area contributed by atoms with Gasteiger partial charge in [-0.05, 0) is 30.7 Å². The maximum atomic E-state index is 6.33. The molecule has 0 bridgehead atoms. The van der Waals surface area contributed by atoms with E-state index < -0.39 is 0 Å². The highest BCUT2D eigenvalue weighted by Crippen LogP contribution is 2.33. The van der Waals surface area contributed by atoms with E-state index in [0.717, 1.165) is 53.0 Å². The summed E-state index contributed by atoms with van der Waals surface area (Å²) in [6.07, 6.45) is 3.25. The summed E-state index contributed by atoms with van der Waals surface area (Å²) >= 11 is 6.33. The van der Waals surface area contributed by atoms with Crippen molar-refractivity contribution in [2.75, 3.05) is 6.79 Å². The number of halogens is 1. The van der Waals surface area contributed by atoms with Gasteiger partial charge in [0.15, 0.2) is 6.79 Å². The maximum Gasteiger partial charge on any atom is 0.189 e. The average Bonchev–Trinajstić information content (AvgIpc) is 2.97. The number of rotatable bonds is 5. The Labute approximate surface area is 152 Å². The van der Waals surface area contributed by atoms with Crippen LogP contribution in [-0.2, 0) is 24.3 Å². The predicted octanol–water partition coefficient (Wildman–Crippen LogP) is 4.95. The molecule has 0 aliphatic carbocycles. The molecular formula is C20H21ClN2O2. The summed E-state index contributed by atoms with van der Waals surface area (Å²) in [6, 6.07) is 12.2. The Kier molecular flexibility index (Phi) is 4.64. The van der Waals surface area contributed by atoms with Crippen molar-refractivity contribution in [3.63, 3.8) is 0 Å². The van der Waals surface area contributed by atoms with Gasteiger partial charge in [0.25, 0.3) is 0 Å². The third kappa shape index (κ3) is 3.24. The topological polar surface area (TPSA) is 36.3 Å². The number of ether oxygens (including phenoxy) is 2. The van der Waals surface area contributed by atoms with Crippen molar-refractivity contribution in [3.8, 4) is 5.75 Å². The number of imidazole rings is 1. The largest absolute Gasteiger partial charge is 0.467 e. The number of nitrogens with zero attached hydrogens (tertiary/aromatic N) is 2. The van der Waals surface area contributed by atoms with Crippen molar-refractivity contribution in [1.29, 1.82) is 0 Å². The van der Waals surface area contributed by atoms with Crippen LogP contribution in [0.4, 0.5) is 0 Å². The molecule has 2 aromatic carbocycles. The van der Waals surface area contributed by atoms with Crippen LogP contribution in [0.5, 0.6) is 5.75 Å². The van der Waals surface area contributed by atoms with E-state index in [1.54, 1.807) is 0 Å². The van der Waals surface area contributed by atoms with Crippen molar-refractivity contribution in [2.45, 2.75) is 39.3 Å². The standard InChI is InChI=1S/C20H21ClN2O2/c1-2-3-8-19-22-17-6-4-5-7-18(17)23(19)11-14-9-16(21)10-15-12-24-13-25-20(14)15/h4-7,9-10H,2-3,8,11-13H2,1H3. The summed E-state index contributed by atoms with van der Waals surface area (Å²) in [7, 11) is 0. The van der Waals surface area contributed by atoms with Crippen LogP contribution in [0.1, 0.15) is 36.7 Å². The first-order valence-electron chi connectivity index (χ1n) is 8.72. The molecule has 130 valence electrons. The molecule has 25 heavy (non-hydrogen) atoms. The maximum absolute atomic E-state index is 6.33. The van der Waals surface area contributed by atoms with Gasteiger partial charge in [0.2, 0.25) is 0 Å². The van der Waals surface area contributed by atoms with Gasteiger partial charge in [-0.3, -0.25) is 0 Å². The number of para-hydroxylation sites is 2. The number of hydrogen-bond acceptors (Lipinski definition) is 3. The van der Waals surface area contributed by atoms with E-state index in [4.69, 9.17) is 26.1 Å². The van der Waals surface area contributed by atoms with Crippen molar-refractivity contribution < 1.29 is 9.47 Å². The van der Waals surface area contributed by atoms with Crippen LogP contribution in [0, 0.1) is 0 Å². The Morgan fingerprint density at radius 3 is 3.00 bits per heavy atom. The highest BCUT2D eigenvalue weighted by atomic mass is 35.5. The van der Waals surface area contributed by atoms with Crippen LogP contribution in [0.25, 0.3) is 11.0 Å². The molecule has 0 N–H and O–H groups in total. The van der Waals surface area contributed by atoms with Gasteiger partial charge >= 0.3 is 0 Å². The summed E-state index contributed by atoms with van der Waals surface area (Å²) in [6.45, 7) is 3.72. The summed E-state index contributed by atoms with van der Waals surface area (Å²) < 4.78 is 13.5. The van der Waals surface area contributed by atoms with Gasteiger partial charge in [-0.25, -0.2) is 4.98 Å². The van der Waals surface area contributed by atoms with Gasteiger partial charge in [-0.2, -0.15) is 0 Å². The minimum Gasteiger partial charge on any atom is -0.467 e. The lowest BCUT2D eigenvalue weighted by Crippen LogP contribution is -2.15. The Morgan fingerprint density at radius 2 is 2.12 bits per heavy atom. The Morgan fingerprint density at radius 1 is 1.24 bits per heavy atom. The van der Waals surface area contributed by atoms with Gasteiger partial charge in [-0.1, -0.05) is 37.1 Å². The number of unbranched alkanes of at least 4 members (excludes halogenated alkanes) is 1. The molecule has 0 amide bonds. The van der Waals surface area contributed by atoms with Crippen molar-refractivity contribution in [2.24, 2.45) is 0 Å². The summed E-state index contributed by atoms with van der Waals surface area (Å²) in [4.78, 5) is 4.85. The van der Waals surface area contributed by atoms with E-state index in [0.29, 0.717) is 18.2 Å². The lowest BCUT2D eigenvalue weighted by Gasteiger charge is -2.22. The lowest BCUT2D eigenvalue weighted by atomic mass is 10.1. The average molecular weight is 357 g/mol. The Bertz CT molecular complexity index is 904. The van der Waals surface area contributed by atoms with Crippen LogP contribution in [0.15, 0.2) is 36.4 Å². The highest BCUT2D eigenvalue weighted by molar-refractivity contribution is 6.30. The second-order valence-electron chi connectivity index (χ2n) is 6.37. The van der Waals surface area contributed by atoms with Crippen LogP contribution in [0.2, 0.25) is 5.02 Å². The summed E-state index contributed by atoms with van der Waals surface area (Å²) in [5, 5.41) is 0.711. The van der Waals surface area contributed by atoms with Crippen LogP contribution in [-0.4, -0.2) is 16.3 Å². The fourth-order valence-electron chi connectivity index (χ4n) is 3.37. The molecular weight excluding hydrogens is 336 g/mol. The van der Waals surface area contributed by atoms with Gasteiger partial charge in [0, 0.05) is 22.6 Å². The minimum absolute atomic E-state index is 0.287. The van der Waals surface area contributed by atoms with Gasteiger partial charge in [-0.15, -0.1) is 0 Å². The number of aromatic nitrogens is 2. The first-order chi connectivity index (χ1) is 12.3. The molecule has 0 saturated heterocycles. The fraction of sp³-hybridized carbons (Fsp3) is 0.350. The monoisotopic (exact) mass is 356 g/mol. The smallest absolute Gasteiger partial charge is 0.189 e. The van der Waals surface area contributed by atoms with E-state index in [-0.39, 0.29) is 6.79 Å². The predicted molar refractivity (Wildman–Crippen MR) is 99.2 cm³/mol. The molecule has 4 nitrogen and oxygen atoms in total. The van der Waals surface area contributed by atoms with E-state index in [9.17, 15) is 0 Å². The third-order valence-corrected chi connectivity index (χ3v) is 4.79. The minimum atomic E-state index is 0.287. The molecule has 0 fully saturated rings. The highest BCUT2D eigenvalue weighted by Gasteiger charge is 2.19. The molecule has 1 aromatic heterocycles. The van der Waals surface area contributed by atoms with Crippen molar-refractivity contribution >= 4 is 22.6 Å². The summed E-state index contributed by atoms with van der Waals surface area (Å²) in [5.41, 5.74) is 4.27. The number of hydrogen-bond donors (Lipinski definition) is 0. The molecule has 0 radical (unpaired) electrons. The molecule has 0 atom stereocenters. The van der Waals surface area contributed by atoms with Crippen LogP contribution in [0.3, 0.4) is 0 Å².